The molecule has 1 aromatic carbocycles. The third-order valence-electron chi connectivity index (χ3n) is 3.53. The lowest BCUT2D eigenvalue weighted by atomic mass is 10.1. The molecule has 126 valence electrons. The number of halogens is 3. The zero-order chi connectivity index (χ0) is 17.5. The Morgan fingerprint density at radius 1 is 1.42 bits per heavy atom. The molecule has 1 atom stereocenters. The lowest BCUT2D eigenvalue weighted by Crippen LogP contribution is -2.56. The van der Waals surface area contributed by atoms with Gasteiger partial charge in [-0.25, -0.2) is 13.8 Å². The van der Waals surface area contributed by atoms with E-state index in [4.69, 9.17) is 0 Å². The van der Waals surface area contributed by atoms with E-state index in [1.54, 1.807) is 18.2 Å². The van der Waals surface area contributed by atoms with Crippen molar-refractivity contribution in [2.45, 2.75) is 19.1 Å². The molecule has 24 heavy (non-hydrogen) atoms. The van der Waals surface area contributed by atoms with E-state index < -0.39 is 18.1 Å². The minimum Gasteiger partial charge on any atom is -0.361 e. The number of carbonyl (C=O) groups excluding carboxylic acids is 1. The fraction of sp³-hybridized carbons (Fsp3) is 0.200. The number of aromatic amines is 1. The van der Waals surface area contributed by atoms with Gasteiger partial charge in [0.15, 0.2) is 0 Å². The second-order valence-electron chi connectivity index (χ2n) is 5.34. The van der Waals surface area contributed by atoms with Crippen LogP contribution in [0.25, 0.3) is 11.3 Å². The van der Waals surface area contributed by atoms with E-state index in [0.717, 1.165) is 16.1 Å². The monoisotopic (exact) mass is 398 g/mol. The Labute approximate surface area is 144 Å². The Morgan fingerprint density at radius 2 is 2.17 bits per heavy atom. The van der Waals surface area contributed by atoms with Gasteiger partial charge in [0, 0.05) is 15.7 Å². The SMILES string of the molecule is CC1=C[C@](O)(C(F)F)N(C(=O)c2cc(-c3cccc(Br)c3)n[nH]2)N1. The summed E-state index contributed by atoms with van der Waals surface area (Å²) in [5.74, 6) is -0.848. The molecule has 0 fully saturated rings. The Morgan fingerprint density at radius 3 is 2.83 bits per heavy atom. The number of aliphatic hydroxyl groups is 1. The second-order valence-corrected chi connectivity index (χ2v) is 6.26. The van der Waals surface area contributed by atoms with Crippen LogP contribution in [0.5, 0.6) is 0 Å². The summed E-state index contributed by atoms with van der Waals surface area (Å²) in [6, 6.07) is 8.68. The Hall–Kier alpha value is -2.26. The maximum absolute atomic E-state index is 13.2. The summed E-state index contributed by atoms with van der Waals surface area (Å²) in [6.45, 7) is 1.47. The maximum atomic E-state index is 13.2. The van der Waals surface area contributed by atoms with Gasteiger partial charge in [-0.05, 0) is 31.2 Å². The first-order valence-electron chi connectivity index (χ1n) is 6.94. The summed E-state index contributed by atoms with van der Waals surface area (Å²) in [4.78, 5) is 12.5. The summed E-state index contributed by atoms with van der Waals surface area (Å²) in [6.07, 6.45) is -2.26. The second kappa shape index (κ2) is 5.99. The molecular weight excluding hydrogens is 386 g/mol. The molecule has 1 aromatic heterocycles. The van der Waals surface area contributed by atoms with Gasteiger partial charge in [-0.15, -0.1) is 0 Å². The molecule has 6 nitrogen and oxygen atoms in total. The van der Waals surface area contributed by atoms with Crippen molar-refractivity contribution < 1.29 is 18.7 Å². The van der Waals surface area contributed by atoms with E-state index in [1.165, 1.54) is 13.0 Å². The van der Waals surface area contributed by atoms with Crippen molar-refractivity contribution in [3.05, 3.63) is 52.3 Å². The number of nitrogens with zero attached hydrogens (tertiary/aromatic N) is 2. The highest BCUT2D eigenvalue weighted by atomic mass is 79.9. The quantitative estimate of drug-likeness (QED) is 0.742. The van der Waals surface area contributed by atoms with Gasteiger partial charge in [0.1, 0.15) is 5.69 Å². The van der Waals surface area contributed by atoms with Gasteiger partial charge < -0.3 is 5.11 Å². The van der Waals surface area contributed by atoms with Crippen LogP contribution in [0.2, 0.25) is 0 Å². The van der Waals surface area contributed by atoms with Gasteiger partial charge in [-0.1, -0.05) is 28.1 Å². The number of alkyl halides is 2. The lowest BCUT2D eigenvalue weighted by molar-refractivity contribution is -0.146. The first-order valence-corrected chi connectivity index (χ1v) is 7.73. The highest BCUT2D eigenvalue weighted by molar-refractivity contribution is 9.10. The average Bonchev–Trinajstić information content (AvgIpc) is 3.12. The van der Waals surface area contributed by atoms with Gasteiger partial charge in [0.05, 0.1) is 5.69 Å². The van der Waals surface area contributed by atoms with Crippen LogP contribution in [-0.2, 0) is 0 Å². The van der Waals surface area contributed by atoms with E-state index in [9.17, 15) is 18.7 Å². The summed E-state index contributed by atoms with van der Waals surface area (Å²) in [7, 11) is 0. The normalized spacial score (nSPS) is 20.2. The predicted molar refractivity (Wildman–Crippen MR) is 85.7 cm³/mol. The minimum absolute atomic E-state index is 0.0281. The van der Waals surface area contributed by atoms with Crippen molar-refractivity contribution in [1.82, 2.24) is 20.6 Å². The minimum atomic E-state index is -3.17. The van der Waals surface area contributed by atoms with Gasteiger partial charge in [0.25, 0.3) is 12.3 Å². The largest absolute Gasteiger partial charge is 0.361 e. The average molecular weight is 399 g/mol. The molecule has 0 aliphatic carbocycles. The van der Waals surface area contributed by atoms with Gasteiger partial charge in [0.2, 0.25) is 5.72 Å². The van der Waals surface area contributed by atoms with Crippen LogP contribution in [0, 0.1) is 0 Å². The number of hydrogen-bond donors (Lipinski definition) is 3. The van der Waals surface area contributed by atoms with Crippen LogP contribution in [0.15, 0.2) is 46.6 Å². The van der Waals surface area contributed by atoms with Crippen molar-refractivity contribution in [2.24, 2.45) is 0 Å². The maximum Gasteiger partial charge on any atom is 0.293 e. The van der Waals surface area contributed by atoms with E-state index in [-0.39, 0.29) is 11.4 Å². The molecule has 3 rings (SSSR count). The number of hydrogen-bond acceptors (Lipinski definition) is 4. The third kappa shape index (κ3) is 2.80. The predicted octanol–water partition coefficient (Wildman–Crippen LogP) is 2.66. The summed E-state index contributed by atoms with van der Waals surface area (Å²) < 4.78 is 27.2. The van der Waals surface area contributed by atoms with E-state index >= 15 is 0 Å². The van der Waals surface area contributed by atoms with Gasteiger partial charge in [-0.3, -0.25) is 15.3 Å². The number of rotatable bonds is 3. The number of H-pyrrole nitrogens is 1. The first-order chi connectivity index (χ1) is 11.3. The van der Waals surface area contributed by atoms with Crippen LogP contribution >= 0.6 is 15.9 Å². The Kier molecular flexibility index (Phi) is 4.14. The summed E-state index contributed by atoms with van der Waals surface area (Å²) in [5.41, 5.74) is 1.17. The third-order valence-corrected chi connectivity index (χ3v) is 4.02. The highest BCUT2D eigenvalue weighted by Crippen LogP contribution is 2.29. The summed E-state index contributed by atoms with van der Waals surface area (Å²) in [5, 5.41) is 17.1. The molecule has 1 aliphatic heterocycles. The Balaban J connectivity index is 1.89. The topological polar surface area (TPSA) is 81.2 Å². The fourth-order valence-corrected chi connectivity index (χ4v) is 2.80. The zero-order valence-electron chi connectivity index (χ0n) is 12.4. The van der Waals surface area contributed by atoms with Crippen LogP contribution < -0.4 is 5.43 Å². The number of amides is 1. The van der Waals surface area contributed by atoms with Crippen LogP contribution in [0.1, 0.15) is 17.4 Å². The van der Waals surface area contributed by atoms with Crippen molar-refractivity contribution in [2.75, 3.05) is 0 Å². The molecule has 0 saturated heterocycles. The molecule has 0 spiro atoms. The molecule has 2 aromatic rings. The molecule has 3 N–H and O–H groups in total. The fourth-order valence-electron chi connectivity index (χ4n) is 2.40. The molecular formula is C15H13BrF2N4O2. The lowest BCUT2D eigenvalue weighted by Gasteiger charge is -2.31. The number of aromatic nitrogens is 2. The molecule has 0 radical (unpaired) electrons. The molecule has 1 amide bonds. The number of hydrazine groups is 1. The standard InChI is InChI=1S/C15H13BrF2N4O2/c1-8-7-15(24,14(17)18)22(21-8)13(23)12-6-11(19-20-12)9-3-2-4-10(16)5-9/h2-7,14,21,24H,1H3,(H,19,20)/t15-/m0/s1. The number of benzene rings is 1. The number of nitrogens with one attached hydrogen (secondary N) is 2. The van der Waals surface area contributed by atoms with Crippen molar-refractivity contribution >= 4 is 21.8 Å². The molecule has 2 heterocycles. The van der Waals surface area contributed by atoms with E-state index in [1.807, 2.05) is 6.07 Å². The highest BCUT2D eigenvalue weighted by Gasteiger charge is 2.49. The Bertz CT molecular complexity index is 823. The van der Waals surface area contributed by atoms with Crippen LogP contribution in [-0.4, -0.2) is 38.4 Å². The van der Waals surface area contributed by atoms with Gasteiger partial charge >= 0.3 is 0 Å². The molecule has 1 aliphatic rings. The zero-order valence-corrected chi connectivity index (χ0v) is 14.0. The van der Waals surface area contributed by atoms with Crippen LogP contribution in [0.3, 0.4) is 0 Å². The van der Waals surface area contributed by atoms with E-state index in [0.29, 0.717) is 10.7 Å². The molecule has 0 bridgehead atoms. The summed E-state index contributed by atoms with van der Waals surface area (Å²) >= 11 is 3.34. The molecule has 0 unspecified atom stereocenters. The molecule has 9 heteroatoms. The van der Waals surface area contributed by atoms with Crippen molar-refractivity contribution in [3.8, 4) is 11.3 Å². The van der Waals surface area contributed by atoms with Crippen molar-refractivity contribution in [3.63, 3.8) is 0 Å². The van der Waals surface area contributed by atoms with Gasteiger partial charge in [-0.2, -0.15) is 5.10 Å². The number of carbonyl (C=O) groups is 1. The van der Waals surface area contributed by atoms with Crippen molar-refractivity contribution in [1.29, 1.82) is 0 Å². The van der Waals surface area contributed by atoms with E-state index in [2.05, 4.69) is 31.6 Å². The smallest absolute Gasteiger partial charge is 0.293 e. The first kappa shape index (κ1) is 16.6. The number of allylic oxidation sites excluding steroid dienone is 1. The molecule has 0 saturated carbocycles. The van der Waals surface area contributed by atoms with Crippen LogP contribution in [0.4, 0.5) is 8.78 Å².